The molecule has 1 heterocycles. The molecule has 1 N–H and O–H groups in total. The van der Waals surface area contributed by atoms with Gasteiger partial charge in [0.05, 0.1) is 0 Å². The number of carbonyl (C=O) groups excluding carboxylic acids is 1. The fourth-order valence-electron chi connectivity index (χ4n) is 2.35. The molecule has 0 aliphatic carbocycles. The van der Waals surface area contributed by atoms with Gasteiger partial charge in [-0.3, -0.25) is 4.79 Å². The highest BCUT2D eigenvalue weighted by molar-refractivity contribution is 6.04. The van der Waals surface area contributed by atoms with Gasteiger partial charge in [0.25, 0.3) is 5.91 Å². The van der Waals surface area contributed by atoms with E-state index in [1.54, 1.807) is 12.1 Å². The van der Waals surface area contributed by atoms with Gasteiger partial charge in [-0.1, -0.05) is 32.9 Å². The number of anilines is 1. The van der Waals surface area contributed by atoms with Crippen molar-refractivity contribution in [2.24, 2.45) is 0 Å². The fraction of sp³-hybridized carbons (Fsp3) is 0.278. The van der Waals surface area contributed by atoms with Crippen LogP contribution in [0.1, 0.15) is 36.7 Å². The molecule has 6 heteroatoms. The molecular formula is C18H17F2NO3. The maximum atomic E-state index is 13.0. The van der Waals surface area contributed by atoms with Crippen molar-refractivity contribution in [3.05, 3.63) is 53.6 Å². The van der Waals surface area contributed by atoms with Crippen LogP contribution in [0, 0.1) is 0 Å². The van der Waals surface area contributed by atoms with E-state index in [1.807, 2.05) is 12.1 Å². The van der Waals surface area contributed by atoms with Crippen LogP contribution in [0.25, 0.3) is 0 Å². The predicted octanol–water partition coefficient (Wildman–Crippen LogP) is 4.56. The summed E-state index contributed by atoms with van der Waals surface area (Å²) in [5.74, 6) is -0.505. The fourth-order valence-corrected chi connectivity index (χ4v) is 2.35. The minimum atomic E-state index is -3.67. The number of rotatable bonds is 2. The van der Waals surface area contributed by atoms with E-state index >= 15 is 0 Å². The second kappa shape index (κ2) is 5.47. The molecule has 0 unspecified atom stereocenters. The first-order chi connectivity index (χ1) is 11.1. The zero-order valence-electron chi connectivity index (χ0n) is 13.5. The summed E-state index contributed by atoms with van der Waals surface area (Å²) < 4.78 is 34.7. The van der Waals surface area contributed by atoms with Gasteiger partial charge in [-0.25, -0.2) is 0 Å². The average Bonchev–Trinajstić information content (AvgIpc) is 2.79. The van der Waals surface area contributed by atoms with Crippen LogP contribution in [-0.4, -0.2) is 12.2 Å². The maximum Gasteiger partial charge on any atom is 0.586 e. The van der Waals surface area contributed by atoms with Crippen molar-refractivity contribution in [1.29, 1.82) is 0 Å². The summed E-state index contributed by atoms with van der Waals surface area (Å²) in [6.07, 6.45) is -3.67. The molecule has 24 heavy (non-hydrogen) atoms. The van der Waals surface area contributed by atoms with Crippen LogP contribution in [0.3, 0.4) is 0 Å². The van der Waals surface area contributed by atoms with Crippen molar-refractivity contribution in [3.8, 4) is 11.5 Å². The molecule has 0 radical (unpaired) electrons. The largest absolute Gasteiger partial charge is 0.586 e. The molecule has 0 bridgehead atoms. The zero-order chi connectivity index (χ0) is 17.5. The minimum absolute atomic E-state index is 0.00242. The molecule has 2 aromatic rings. The van der Waals surface area contributed by atoms with Crippen LogP contribution in [-0.2, 0) is 5.41 Å². The number of fused-ring (bicyclic) bond motifs is 1. The maximum absolute atomic E-state index is 13.0. The average molecular weight is 333 g/mol. The summed E-state index contributed by atoms with van der Waals surface area (Å²) in [6.45, 7) is 6.26. The molecule has 2 aromatic carbocycles. The van der Waals surface area contributed by atoms with Crippen LogP contribution in [0.4, 0.5) is 14.5 Å². The number of ether oxygens (including phenoxy) is 2. The summed E-state index contributed by atoms with van der Waals surface area (Å²) in [5.41, 5.74) is 1.94. The third-order valence-electron chi connectivity index (χ3n) is 3.67. The van der Waals surface area contributed by atoms with Gasteiger partial charge in [0.1, 0.15) is 0 Å². The molecule has 0 spiro atoms. The molecule has 0 atom stereocenters. The van der Waals surface area contributed by atoms with Gasteiger partial charge in [0, 0.05) is 17.3 Å². The van der Waals surface area contributed by atoms with Gasteiger partial charge < -0.3 is 14.8 Å². The summed E-state index contributed by atoms with van der Waals surface area (Å²) in [6, 6.07) is 11.4. The summed E-state index contributed by atoms with van der Waals surface area (Å²) in [4.78, 5) is 12.3. The molecular weight excluding hydrogens is 316 g/mol. The van der Waals surface area contributed by atoms with Gasteiger partial charge in [-0.05, 0) is 35.2 Å². The molecule has 1 aliphatic heterocycles. The smallest absolute Gasteiger partial charge is 0.395 e. The van der Waals surface area contributed by atoms with Crippen molar-refractivity contribution < 1.29 is 23.0 Å². The van der Waals surface area contributed by atoms with E-state index in [9.17, 15) is 13.6 Å². The van der Waals surface area contributed by atoms with Crippen molar-refractivity contribution in [3.63, 3.8) is 0 Å². The first-order valence-electron chi connectivity index (χ1n) is 7.46. The minimum Gasteiger partial charge on any atom is -0.395 e. The van der Waals surface area contributed by atoms with Gasteiger partial charge in [0.2, 0.25) is 0 Å². The van der Waals surface area contributed by atoms with E-state index < -0.39 is 6.29 Å². The number of halogens is 2. The quantitative estimate of drug-likeness (QED) is 0.876. The summed E-state index contributed by atoms with van der Waals surface area (Å²) >= 11 is 0. The van der Waals surface area contributed by atoms with E-state index in [0.717, 1.165) is 5.56 Å². The number of hydrogen-bond acceptors (Lipinski definition) is 3. The Morgan fingerprint density at radius 2 is 1.62 bits per heavy atom. The lowest BCUT2D eigenvalue weighted by molar-refractivity contribution is -0.286. The lowest BCUT2D eigenvalue weighted by Crippen LogP contribution is -2.25. The van der Waals surface area contributed by atoms with E-state index in [4.69, 9.17) is 0 Å². The second-order valence-electron chi connectivity index (χ2n) is 6.61. The highest BCUT2D eigenvalue weighted by Crippen LogP contribution is 2.42. The Labute approximate surface area is 138 Å². The molecule has 0 saturated carbocycles. The molecule has 0 fully saturated rings. The van der Waals surface area contributed by atoms with Crippen LogP contribution in [0.5, 0.6) is 11.5 Å². The van der Waals surface area contributed by atoms with Crippen LogP contribution < -0.4 is 14.8 Å². The number of alkyl halides is 2. The number of hydrogen-bond donors (Lipinski definition) is 1. The van der Waals surface area contributed by atoms with Crippen molar-refractivity contribution in [2.75, 3.05) is 5.32 Å². The highest BCUT2D eigenvalue weighted by atomic mass is 19.3. The van der Waals surface area contributed by atoms with E-state index in [2.05, 4.69) is 35.6 Å². The number of benzene rings is 2. The predicted molar refractivity (Wildman–Crippen MR) is 85.7 cm³/mol. The molecule has 0 aromatic heterocycles. The second-order valence-corrected chi connectivity index (χ2v) is 6.61. The molecule has 0 saturated heterocycles. The monoisotopic (exact) mass is 333 g/mol. The van der Waals surface area contributed by atoms with Gasteiger partial charge in [-0.2, -0.15) is 0 Å². The van der Waals surface area contributed by atoms with Crippen LogP contribution in [0.15, 0.2) is 42.5 Å². The standard InChI is InChI=1S/C18H17F2NO3/c1-17(2,3)12-6-4-11(5-7-12)16(22)21-13-8-9-14-15(10-13)24-18(19,20)23-14/h4-10H,1-3H3,(H,21,22). The third-order valence-corrected chi connectivity index (χ3v) is 3.67. The van der Waals surface area contributed by atoms with E-state index in [1.165, 1.54) is 18.2 Å². The highest BCUT2D eigenvalue weighted by Gasteiger charge is 2.43. The number of nitrogens with one attached hydrogen (secondary N) is 1. The third kappa shape index (κ3) is 3.32. The Kier molecular flexibility index (Phi) is 3.70. The molecule has 3 rings (SSSR count). The molecule has 1 aliphatic rings. The molecule has 126 valence electrons. The Bertz CT molecular complexity index is 780. The van der Waals surface area contributed by atoms with E-state index in [-0.39, 0.29) is 22.8 Å². The van der Waals surface area contributed by atoms with Crippen molar-refractivity contribution >= 4 is 11.6 Å². The topological polar surface area (TPSA) is 47.6 Å². The SMILES string of the molecule is CC(C)(C)c1ccc(C(=O)Nc2ccc3c(c2)OC(F)(F)O3)cc1. The number of amides is 1. The molecule has 1 amide bonds. The normalized spacial score (nSPS) is 15.2. The summed E-state index contributed by atoms with van der Waals surface area (Å²) in [5, 5.41) is 2.65. The Balaban J connectivity index is 1.74. The van der Waals surface area contributed by atoms with Gasteiger partial charge >= 0.3 is 6.29 Å². The number of carbonyl (C=O) groups is 1. The Morgan fingerprint density at radius 1 is 1.00 bits per heavy atom. The summed E-state index contributed by atoms with van der Waals surface area (Å²) in [7, 11) is 0. The van der Waals surface area contributed by atoms with E-state index in [0.29, 0.717) is 11.3 Å². The van der Waals surface area contributed by atoms with Crippen LogP contribution >= 0.6 is 0 Å². The zero-order valence-corrected chi connectivity index (χ0v) is 13.5. The first kappa shape index (κ1) is 16.2. The Morgan fingerprint density at radius 3 is 2.25 bits per heavy atom. The van der Waals surface area contributed by atoms with Gasteiger partial charge in [0.15, 0.2) is 11.5 Å². The van der Waals surface area contributed by atoms with Gasteiger partial charge in [-0.15, -0.1) is 8.78 Å². The molecule has 4 nitrogen and oxygen atoms in total. The van der Waals surface area contributed by atoms with Crippen LogP contribution in [0.2, 0.25) is 0 Å². The van der Waals surface area contributed by atoms with Crippen molar-refractivity contribution in [1.82, 2.24) is 0 Å². The van der Waals surface area contributed by atoms with Crippen molar-refractivity contribution in [2.45, 2.75) is 32.5 Å². The lowest BCUT2D eigenvalue weighted by Gasteiger charge is -2.19. The first-order valence-corrected chi connectivity index (χ1v) is 7.46. The Hall–Kier alpha value is -2.63. The lowest BCUT2D eigenvalue weighted by atomic mass is 9.87.